The van der Waals surface area contributed by atoms with Crippen LogP contribution >= 0.6 is 11.8 Å². The monoisotopic (exact) mass is 244 g/mol. The van der Waals surface area contributed by atoms with Gasteiger partial charge in [0.2, 0.25) is 0 Å². The van der Waals surface area contributed by atoms with E-state index in [-0.39, 0.29) is 0 Å². The molecule has 0 spiro atoms. The summed E-state index contributed by atoms with van der Waals surface area (Å²) in [4.78, 5) is 4.41. The van der Waals surface area contributed by atoms with Gasteiger partial charge >= 0.3 is 0 Å². The molecule has 3 rings (SSSR count). The van der Waals surface area contributed by atoms with Gasteiger partial charge in [-0.05, 0) is 30.4 Å². The number of hydrogen-bond donors (Lipinski definition) is 0. The smallest absolute Gasteiger partial charge is 0.168 e. The van der Waals surface area contributed by atoms with Crippen LogP contribution in [0.25, 0.3) is 0 Å². The minimum Gasteiger partial charge on any atom is -0.329 e. The molecular weight excluding hydrogens is 228 g/mol. The molecule has 1 aromatic carbocycles. The van der Waals surface area contributed by atoms with E-state index in [1.54, 1.807) is 0 Å². The van der Waals surface area contributed by atoms with Gasteiger partial charge in [-0.15, -0.1) is 0 Å². The lowest BCUT2D eigenvalue weighted by Gasteiger charge is -2.24. The van der Waals surface area contributed by atoms with Gasteiger partial charge in [-0.3, -0.25) is 0 Å². The first-order chi connectivity index (χ1) is 8.34. The average molecular weight is 244 g/mol. The number of aromatic nitrogens is 2. The van der Waals surface area contributed by atoms with Crippen LogP contribution in [0.15, 0.2) is 41.8 Å². The Bertz CT molecular complexity index is 518. The van der Waals surface area contributed by atoms with Crippen molar-refractivity contribution >= 4 is 11.8 Å². The van der Waals surface area contributed by atoms with E-state index in [1.165, 1.54) is 30.4 Å². The minimum absolute atomic E-state index is 0.570. The summed E-state index contributed by atoms with van der Waals surface area (Å²) in [5, 5.41) is 1.69. The van der Waals surface area contributed by atoms with Gasteiger partial charge in [-0.2, -0.15) is 0 Å². The number of rotatable bonds is 2. The van der Waals surface area contributed by atoms with Crippen molar-refractivity contribution in [1.29, 1.82) is 0 Å². The molecule has 0 aliphatic heterocycles. The highest BCUT2D eigenvalue weighted by Crippen LogP contribution is 2.42. The maximum absolute atomic E-state index is 4.41. The number of nitrogens with zero attached hydrogens (tertiary/aromatic N) is 2. The third kappa shape index (κ3) is 2.12. The lowest BCUT2D eigenvalue weighted by molar-refractivity contribution is 0.668. The second-order valence-corrected chi connectivity index (χ2v) is 5.69. The van der Waals surface area contributed by atoms with Crippen molar-refractivity contribution in [2.75, 3.05) is 0 Å². The molecule has 1 atom stereocenters. The molecule has 0 unspecified atom stereocenters. The van der Waals surface area contributed by atoms with E-state index in [4.69, 9.17) is 0 Å². The average Bonchev–Trinajstić information content (AvgIpc) is 2.76. The van der Waals surface area contributed by atoms with Crippen LogP contribution in [0.1, 0.15) is 29.2 Å². The molecule has 0 saturated carbocycles. The fourth-order valence-electron chi connectivity index (χ4n) is 2.42. The van der Waals surface area contributed by atoms with Gasteiger partial charge in [0.25, 0.3) is 0 Å². The molecule has 0 saturated heterocycles. The predicted octanol–water partition coefficient (Wildman–Crippen LogP) is 3.59. The molecule has 2 aromatic rings. The van der Waals surface area contributed by atoms with Gasteiger partial charge in [0.15, 0.2) is 5.16 Å². The van der Waals surface area contributed by atoms with Gasteiger partial charge in [-0.1, -0.05) is 36.0 Å². The van der Waals surface area contributed by atoms with Crippen LogP contribution in [0.2, 0.25) is 0 Å². The Kier molecular flexibility index (Phi) is 2.93. The summed E-state index contributed by atoms with van der Waals surface area (Å²) in [6.45, 7) is 0. The highest BCUT2D eigenvalue weighted by molar-refractivity contribution is 7.99. The zero-order valence-corrected chi connectivity index (χ0v) is 10.8. The normalized spacial score (nSPS) is 19.0. The zero-order chi connectivity index (χ0) is 11.7. The van der Waals surface area contributed by atoms with Crippen molar-refractivity contribution in [3.8, 4) is 0 Å². The summed E-state index contributed by atoms with van der Waals surface area (Å²) in [5.74, 6) is 0. The predicted molar refractivity (Wildman–Crippen MR) is 71.2 cm³/mol. The topological polar surface area (TPSA) is 17.8 Å². The fraction of sp³-hybridized carbons (Fsp3) is 0.357. The summed E-state index contributed by atoms with van der Waals surface area (Å²) in [7, 11) is 2.06. The Hall–Kier alpha value is -1.22. The SMILES string of the molecule is Cn1ccnc1S[C@@H]1CCCc2ccccc21. The van der Waals surface area contributed by atoms with Gasteiger partial charge in [0, 0.05) is 24.7 Å². The number of hydrogen-bond acceptors (Lipinski definition) is 2. The first-order valence-corrected chi connectivity index (χ1v) is 6.94. The Morgan fingerprint density at radius 3 is 3.06 bits per heavy atom. The molecule has 1 aliphatic rings. The molecule has 1 heterocycles. The summed E-state index contributed by atoms with van der Waals surface area (Å²) in [6.07, 6.45) is 7.66. The fourth-order valence-corrected chi connectivity index (χ4v) is 3.67. The molecule has 0 fully saturated rings. The van der Waals surface area contributed by atoms with Crippen molar-refractivity contribution < 1.29 is 0 Å². The molecule has 2 nitrogen and oxygen atoms in total. The number of thioether (sulfide) groups is 1. The van der Waals surface area contributed by atoms with E-state index in [0.29, 0.717) is 5.25 Å². The van der Waals surface area contributed by atoms with E-state index in [0.717, 1.165) is 5.16 Å². The first kappa shape index (κ1) is 10.9. The molecule has 1 aliphatic carbocycles. The molecule has 0 N–H and O–H groups in total. The second-order valence-electron chi connectivity index (χ2n) is 4.52. The molecule has 88 valence electrons. The first-order valence-electron chi connectivity index (χ1n) is 6.06. The maximum atomic E-state index is 4.41. The van der Waals surface area contributed by atoms with E-state index in [9.17, 15) is 0 Å². The van der Waals surface area contributed by atoms with Crippen LogP contribution in [0, 0.1) is 0 Å². The molecule has 3 heteroatoms. The molecular formula is C14H16N2S. The molecule has 0 amide bonds. The summed E-state index contributed by atoms with van der Waals surface area (Å²) >= 11 is 1.89. The van der Waals surface area contributed by atoms with Crippen molar-refractivity contribution in [3.05, 3.63) is 47.8 Å². The summed E-state index contributed by atoms with van der Waals surface area (Å²) < 4.78 is 2.10. The number of fused-ring (bicyclic) bond motifs is 1. The minimum atomic E-state index is 0.570. The van der Waals surface area contributed by atoms with Crippen molar-refractivity contribution in [2.24, 2.45) is 7.05 Å². The Balaban J connectivity index is 1.88. The van der Waals surface area contributed by atoms with E-state index < -0.39 is 0 Å². The van der Waals surface area contributed by atoms with Crippen molar-refractivity contribution in [1.82, 2.24) is 9.55 Å². The van der Waals surface area contributed by atoms with Crippen LogP contribution in [0.3, 0.4) is 0 Å². The van der Waals surface area contributed by atoms with Gasteiger partial charge in [0.05, 0.1) is 0 Å². The molecule has 1 aromatic heterocycles. The Labute approximate surface area is 106 Å². The van der Waals surface area contributed by atoms with E-state index >= 15 is 0 Å². The van der Waals surface area contributed by atoms with Crippen molar-refractivity contribution in [3.63, 3.8) is 0 Å². The van der Waals surface area contributed by atoms with Gasteiger partial charge < -0.3 is 4.57 Å². The van der Waals surface area contributed by atoms with Crippen LogP contribution in [0.5, 0.6) is 0 Å². The van der Waals surface area contributed by atoms with Crippen LogP contribution in [-0.2, 0) is 13.5 Å². The summed E-state index contributed by atoms with van der Waals surface area (Å²) in [6, 6.07) is 8.83. The van der Waals surface area contributed by atoms with Gasteiger partial charge in [0.1, 0.15) is 0 Å². The third-order valence-electron chi connectivity index (χ3n) is 3.34. The molecule has 0 bridgehead atoms. The molecule has 0 radical (unpaired) electrons. The van der Waals surface area contributed by atoms with Crippen LogP contribution < -0.4 is 0 Å². The molecule has 17 heavy (non-hydrogen) atoms. The standard InChI is InChI=1S/C14H16N2S/c1-16-10-9-15-14(16)17-13-8-4-6-11-5-2-3-7-12(11)13/h2-3,5,7,9-10,13H,4,6,8H2,1H3/t13-/m1/s1. The largest absolute Gasteiger partial charge is 0.329 e. The lowest BCUT2D eigenvalue weighted by atomic mass is 9.91. The Morgan fingerprint density at radius 1 is 1.35 bits per heavy atom. The quantitative estimate of drug-likeness (QED) is 0.803. The zero-order valence-electron chi connectivity index (χ0n) is 9.97. The summed E-state index contributed by atoms with van der Waals surface area (Å²) in [5.41, 5.74) is 3.03. The van der Waals surface area contributed by atoms with E-state index in [1.807, 2.05) is 24.2 Å². The highest BCUT2D eigenvalue weighted by Gasteiger charge is 2.21. The van der Waals surface area contributed by atoms with E-state index in [2.05, 4.69) is 40.9 Å². The lowest BCUT2D eigenvalue weighted by Crippen LogP contribution is -2.07. The number of aryl methyl sites for hydroxylation is 2. The Morgan fingerprint density at radius 2 is 2.24 bits per heavy atom. The highest BCUT2D eigenvalue weighted by atomic mass is 32.2. The van der Waals surface area contributed by atoms with Gasteiger partial charge in [-0.25, -0.2) is 4.98 Å². The third-order valence-corrected chi connectivity index (χ3v) is 4.72. The van der Waals surface area contributed by atoms with Crippen LogP contribution in [0.4, 0.5) is 0 Å². The maximum Gasteiger partial charge on any atom is 0.168 e. The van der Waals surface area contributed by atoms with Crippen LogP contribution in [-0.4, -0.2) is 9.55 Å². The number of imidazole rings is 1. The second kappa shape index (κ2) is 4.57. The number of benzene rings is 1. The van der Waals surface area contributed by atoms with Crippen molar-refractivity contribution in [2.45, 2.75) is 29.7 Å².